The number of rotatable bonds is 8. The van der Waals surface area contributed by atoms with Crippen LogP contribution in [0.4, 0.5) is 4.79 Å². The molecular weight excluding hydrogens is 312 g/mol. The lowest BCUT2D eigenvalue weighted by molar-refractivity contribution is 0.236. The molecule has 0 bridgehead atoms. The fourth-order valence-corrected chi connectivity index (χ4v) is 2.47. The predicted molar refractivity (Wildman–Crippen MR) is 102 cm³/mol. The molecule has 1 unspecified atom stereocenters. The number of hydrogen-bond donors (Lipinski definition) is 2. The van der Waals surface area contributed by atoms with E-state index in [1.807, 2.05) is 38.1 Å². The Hall–Kier alpha value is -2.49. The molecule has 0 fully saturated rings. The standard InChI is InChI=1S/C21H28N2O2/c1-4-18-8-10-19(11-9-18)17(3)23-21(24)22-14-5-15-25-20-12-6-16(2)7-13-20/h6-13,17H,4-5,14-15H2,1-3H3,(H2,22,23,24). The number of nitrogens with one attached hydrogen (secondary N) is 2. The van der Waals surface area contributed by atoms with Crippen LogP contribution in [0.15, 0.2) is 48.5 Å². The highest BCUT2D eigenvalue weighted by atomic mass is 16.5. The zero-order chi connectivity index (χ0) is 18.1. The number of benzene rings is 2. The van der Waals surface area contributed by atoms with Crippen LogP contribution >= 0.6 is 0 Å². The van der Waals surface area contributed by atoms with E-state index in [0.29, 0.717) is 13.2 Å². The second-order valence-corrected chi connectivity index (χ2v) is 6.23. The molecule has 0 heterocycles. The molecule has 0 radical (unpaired) electrons. The lowest BCUT2D eigenvalue weighted by atomic mass is 10.1. The zero-order valence-electron chi connectivity index (χ0n) is 15.3. The first-order chi connectivity index (χ1) is 12.1. The third kappa shape index (κ3) is 6.49. The highest BCUT2D eigenvalue weighted by Gasteiger charge is 2.08. The van der Waals surface area contributed by atoms with Gasteiger partial charge >= 0.3 is 6.03 Å². The summed E-state index contributed by atoms with van der Waals surface area (Å²) in [6, 6.07) is 16.1. The molecule has 4 nitrogen and oxygen atoms in total. The van der Waals surface area contributed by atoms with E-state index >= 15 is 0 Å². The van der Waals surface area contributed by atoms with Gasteiger partial charge < -0.3 is 15.4 Å². The van der Waals surface area contributed by atoms with Gasteiger partial charge in [0.05, 0.1) is 12.6 Å². The number of amides is 2. The van der Waals surface area contributed by atoms with Gasteiger partial charge in [-0.05, 0) is 49.9 Å². The second kappa shape index (κ2) is 9.72. The fraction of sp³-hybridized carbons (Fsp3) is 0.381. The summed E-state index contributed by atoms with van der Waals surface area (Å²) < 4.78 is 5.64. The van der Waals surface area contributed by atoms with Gasteiger partial charge in [0.2, 0.25) is 0 Å². The van der Waals surface area contributed by atoms with Crippen LogP contribution in [0.3, 0.4) is 0 Å². The minimum Gasteiger partial charge on any atom is -0.494 e. The van der Waals surface area contributed by atoms with Crippen molar-refractivity contribution in [3.63, 3.8) is 0 Å². The average Bonchev–Trinajstić information content (AvgIpc) is 2.63. The van der Waals surface area contributed by atoms with Gasteiger partial charge in [0.1, 0.15) is 5.75 Å². The molecular formula is C21H28N2O2. The van der Waals surface area contributed by atoms with Gasteiger partial charge in [-0.25, -0.2) is 4.79 Å². The predicted octanol–water partition coefficient (Wildman–Crippen LogP) is 4.39. The summed E-state index contributed by atoms with van der Waals surface area (Å²) in [6.45, 7) is 7.33. The van der Waals surface area contributed by atoms with Crippen LogP contribution in [0, 0.1) is 6.92 Å². The largest absolute Gasteiger partial charge is 0.494 e. The lowest BCUT2D eigenvalue weighted by Gasteiger charge is -2.15. The van der Waals surface area contributed by atoms with E-state index in [-0.39, 0.29) is 12.1 Å². The summed E-state index contributed by atoms with van der Waals surface area (Å²) in [5.41, 5.74) is 3.62. The third-order valence-electron chi connectivity index (χ3n) is 4.13. The van der Waals surface area contributed by atoms with Crippen molar-refractivity contribution in [3.05, 3.63) is 65.2 Å². The smallest absolute Gasteiger partial charge is 0.315 e. The third-order valence-corrected chi connectivity index (χ3v) is 4.13. The van der Waals surface area contributed by atoms with Crippen molar-refractivity contribution < 1.29 is 9.53 Å². The molecule has 0 saturated heterocycles. The molecule has 2 aromatic rings. The summed E-state index contributed by atoms with van der Waals surface area (Å²) in [4.78, 5) is 12.0. The number of hydrogen-bond acceptors (Lipinski definition) is 2. The monoisotopic (exact) mass is 340 g/mol. The van der Waals surface area contributed by atoms with Crippen LogP contribution in [0.25, 0.3) is 0 Å². The molecule has 2 rings (SSSR count). The molecule has 4 heteroatoms. The SMILES string of the molecule is CCc1ccc(C(C)NC(=O)NCCCOc2ccc(C)cc2)cc1. The summed E-state index contributed by atoms with van der Waals surface area (Å²) >= 11 is 0. The quantitative estimate of drug-likeness (QED) is 0.700. The second-order valence-electron chi connectivity index (χ2n) is 6.23. The van der Waals surface area contributed by atoms with Gasteiger partial charge in [-0.2, -0.15) is 0 Å². The number of carbonyl (C=O) groups is 1. The minimum absolute atomic E-state index is 0.0188. The first kappa shape index (κ1) is 18.8. The van der Waals surface area contributed by atoms with Gasteiger partial charge in [0, 0.05) is 6.54 Å². The lowest BCUT2D eigenvalue weighted by Crippen LogP contribution is -2.37. The maximum atomic E-state index is 12.0. The first-order valence-electron chi connectivity index (χ1n) is 8.91. The molecule has 0 aliphatic heterocycles. The van der Waals surface area contributed by atoms with Crippen molar-refractivity contribution in [2.75, 3.05) is 13.2 Å². The highest BCUT2D eigenvalue weighted by Crippen LogP contribution is 2.13. The Morgan fingerprint density at radius 1 is 1.08 bits per heavy atom. The Bertz CT molecular complexity index is 651. The molecule has 2 amide bonds. The van der Waals surface area contributed by atoms with Gasteiger partial charge in [-0.15, -0.1) is 0 Å². The van der Waals surface area contributed by atoms with Crippen molar-refractivity contribution in [3.8, 4) is 5.75 Å². The fourth-order valence-electron chi connectivity index (χ4n) is 2.47. The Labute approximate surface area is 150 Å². The van der Waals surface area contributed by atoms with E-state index in [1.54, 1.807) is 0 Å². The van der Waals surface area contributed by atoms with Crippen LogP contribution < -0.4 is 15.4 Å². The van der Waals surface area contributed by atoms with Crippen molar-refractivity contribution in [2.45, 2.75) is 39.7 Å². The molecule has 134 valence electrons. The van der Waals surface area contributed by atoms with Crippen molar-refractivity contribution >= 4 is 6.03 Å². The van der Waals surface area contributed by atoms with Crippen molar-refractivity contribution in [1.29, 1.82) is 0 Å². The maximum absolute atomic E-state index is 12.0. The first-order valence-corrected chi connectivity index (χ1v) is 8.91. The Morgan fingerprint density at radius 2 is 1.76 bits per heavy atom. The van der Waals surface area contributed by atoms with E-state index in [2.05, 4.69) is 41.8 Å². The Kier molecular flexibility index (Phi) is 7.33. The van der Waals surface area contributed by atoms with Crippen molar-refractivity contribution in [2.24, 2.45) is 0 Å². The minimum atomic E-state index is -0.151. The normalized spacial score (nSPS) is 11.6. The summed E-state index contributed by atoms with van der Waals surface area (Å²) in [5.74, 6) is 0.860. The number of carbonyl (C=O) groups excluding carboxylic acids is 1. The summed E-state index contributed by atoms with van der Waals surface area (Å²) in [6.07, 6.45) is 1.79. The van der Waals surface area contributed by atoms with Gasteiger partial charge in [-0.3, -0.25) is 0 Å². The van der Waals surface area contributed by atoms with E-state index in [9.17, 15) is 4.79 Å². The van der Waals surface area contributed by atoms with Crippen LogP contribution in [-0.2, 0) is 6.42 Å². The molecule has 0 spiro atoms. The van der Waals surface area contributed by atoms with Crippen LogP contribution in [0.1, 0.15) is 43.0 Å². The molecule has 0 aromatic heterocycles. The summed E-state index contributed by atoms with van der Waals surface area (Å²) in [7, 11) is 0. The van der Waals surface area contributed by atoms with E-state index in [1.165, 1.54) is 11.1 Å². The van der Waals surface area contributed by atoms with Gasteiger partial charge in [0.15, 0.2) is 0 Å². The van der Waals surface area contributed by atoms with Gasteiger partial charge in [-0.1, -0.05) is 48.9 Å². The molecule has 2 aromatic carbocycles. The van der Waals surface area contributed by atoms with E-state index < -0.39 is 0 Å². The topological polar surface area (TPSA) is 50.4 Å². The summed E-state index contributed by atoms with van der Waals surface area (Å²) in [5, 5.41) is 5.83. The van der Waals surface area contributed by atoms with Gasteiger partial charge in [0.25, 0.3) is 0 Å². The van der Waals surface area contributed by atoms with Crippen LogP contribution in [0.5, 0.6) is 5.75 Å². The molecule has 1 atom stereocenters. The number of urea groups is 1. The molecule has 0 aliphatic carbocycles. The zero-order valence-corrected chi connectivity index (χ0v) is 15.3. The molecule has 0 aliphatic rings. The van der Waals surface area contributed by atoms with E-state index in [4.69, 9.17) is 4.74 Å². The highest BCUT2D eigenvalue weighted by molar-refractivity contribution is 5.74. The van der Waals surface area contributed by atoms with Crippen molar-refractivity contribution in [1.82, 2.24) is 10.6 Å². The number of aryl methyl sites for hydroxylation is 2. The molecule has 0 saturated carbocycles. The maximum Gasteiger partial charge on any atom is 0.315 e. The van der Waals surface area contributed by atoms with Crippen LogP contribution in [0.2, 0.25) is 0 Å². The Balaban J connectivity index is 1.63. The Morgan fingerprint density at radius 3 is 2.40 bits per heavy atom. The van der Waals surface area contributed by atoms with Crippen LogP contribution in [-0.4, -0.2) is 19.2 Å². The molecule has 2 N–H and O–H groups in total. The average molecular weight is 340 g/mol. The number of ether oxygens (including phenoxy) is 1. The molecule has 25 heavy (non-hydrogen) atoms. The van der Waals surface area contributed by atoms with E-state index in [0.717, 1.165) is 24.2 Å².